The number of carbonyl (C=O) groups is 1. The summed E-state index contributed by atoms with van der Waals surface area (Å²) >= 11 is 5.88. The van der Waals surface area contributed by atoms with Crippen LogP contribution >= 0.6 is 11.6 Å². The fourth-order valence-corrected chi connectivity index (χ4v) is 3.16. The second kappa shape index (κ2) is 9.98. The average molecular weight is 505 g/mol. The van der Waals surface area contributed by atoms with Crippen molar-refractivity contribution in [1.82, 2.24) is 4.98 Å². The first-order valence-corrected chi connectivity index (χ1v) is 10.3. The Labute approximate surface area is 195 Å². The number of benzene rings is 2. The minimum atomic E-state index is -4.81. The van der Waals surface area contributed by atoms with Crippen molar-refractivity contribution in [3.8, 4) is 17.2 Å². The minimum Gasteiger partial charge on any atom is -0.480 e. The van der Waals surface area contributed by atoms with Crippen LogP contribution in [-0.2, 0) is 13.0 Å². The van der Waals surface area contributed by atoms with E-state index in [1.54, 1.807) is 6.92 Å². The van der Waals surface area contributed by atoms with Gasteiger partial charge in [-0.25, -0.2) is 13.8 Å². The van der Waals surface area contributed by atoms with E-state index in [2.05, 4.69) is 10.3 Å². The average Bonchev–Trinajstić information content (AvgIpc) is 3.19. The number of oxazole rings is 1. The van der Waals surface area contributed by atoms with Gasteiger partial charge in [-0.1, -0.05) is 24.6 Å². The summed E-state index contributed by atoms with van der Waals surface area (Å²) < 4.78 is 78.7. The fourth-order valence-electron chi connectivity index (χ4n) is 2.95. The quantitative estimate of drug-likeness (QED) is 0.391. The number of hydrogen-bond acceptors (Lipinski definition) is 5. The van der Waals surface area contributed by atoms with E-state index in [-0.39, 0.29) is 16.7 Å². The summed E-state index contributed by atoms with van der Waals surface area (Å²) in [6.45, 7) is 1.87. The normalized spacial score (nSPS) is 12.5. The van der Waals surface area contributed by atoms with Crippen LogP contribution in [0.1, 0.15) is 35.7 Å². The number of rotatable bonds is 7. The number of aromatic nitrogens is 1. The molecule has 34 heavy (non-hydrogen) atoms. The molecule has 0 aliphatic rings. The van der Waals surface area contributed by atoms with Gasteiger partial charge in [-0.3, -0.25) is 4.79 Å². The molecule has 0 saturated carbocycles. The zero-order chi connectivity index (χ0) is 25.2. The van der Waals surface area contributed by atoms with Gasteiger partial charge in [0.1, 0.15) is 24.0 Å². The SMILES string of the molecule is CCc1nc(-c2cc(OC(C)C(F)(F)F)c(C(=O)Nc3c(F)cccc3Cl)cc2F)oc1CO. The van der Waals surface area contributed by atoms with E-state index in [4.69, 9.17) is 20.8 Å². The third-order valence-corrected chi connectivity index (χ3v) is 5.08. The van der Waals surface area contributed by atoms with Gasteiger partial charge < -0.3 is 19.6 Å². The number of ether oxygens (including phenoxy) is 1. The number of nitrogens with one attached hydrogen (secondary N) is 1. The van der Waals surface area contributed by atoms with E-state index in [0.717, 1.165) is 12.1 Å². The smallest absolute Gasteiger partial charge is 0.425 e. The molecule has 0 saturated heterocycles. The lowest BCUT2D eigenvalue weighted by molar-refractivity contribution is -0.189. The second-order valence-electron chi connectivity index (χ2n) is 7.08. The number of alkyl halides is 3. The molecule has 1 amide bonds. The largest absolute Gasteiger partial charge is 0.480 e. The second-order valence-corrected chi connectivity index (χ2v) is 7.49. The van der Waals surface area contributed by atoms with Crippen LogP contribution in [0.2, 0.25) is 5.02 Å². The van der Waals surface area contributed by atoms with Crippen LogP contribution < -0.4 is 10.1 Å². The van der Waals surface area contributed by atoms with Gasteiger partial charge in [0.2, 0.25) is 5.89 Å². The molecule has 1 atom stereocenters. The Morgan fingerprint density at radius 3 is 2.53 bits per heavy atom. The van der Waals surface area contributed by atoms with Gasteiger partial charge in [0.25, 0.3) is 5.91 Å². The number of hydrogen-bond donors (Lipinski definition) is 2. The molecular formula is C22H18ClF5N2O4. The lowest BCUT2D eigenvalue weighted by atomic mass is 10.1. The molecule has 3 aromatic rings. The van der Waals surface area contributed by atoms with Crippen LogP contribution in [0.25, 0.3) is 11.5 Å². The Kier molecular flexibility index (Phi) is 7.47. The molecule has 1 aromatic heterocycles. The number of nitrogens with zero attached hydrogens (tertiary/aromatic N) is 1. The highest BCUT2D eigenvalue weighted by Crippen LogP contribution is 2.35. The summed E-state index contributed by atoms with van der Waals surface area (Å²) in [4.78, 5) is 16.8. The van der Waals surface area contributed by atoms with E-state index in [1.807, 2.05) is 0 Å². The van der Waals surface area contributed by atoms with Gasteiger partial charge in [-0.05, 0) is 37.6 Å². The molecule has 1 unspecified atom stereocenters. The highest BCUT2D eigenvalue weighted by Gasteiger charge is 2.39. The summed E-state index contributed by atoms with van der Waals surface area (Å²) in [7, 11) is 0. The highest BCUT2D eigenvalue weighted by atomic mass is 35.5. The van der Waals surface area contributed by atoms with Gasteiger partial charge in [-0.15, -0.1) is 0 Å². The van der Waals surface area contributed by atoms with E-state index in [0.29, 0.717) is 25.1 Å². The topological polar surface area (TPSA) is 84.6 Å². The summed E-state index contributed by atoms with van der Waals surface area (Å²) in [6, 6.07) is 5.00. The predicted octanol–water partition coefficient (Wildman–Crippen LogP) is 5.91. The van der Waals surface area contributed by atoms with Gasteiger partial charge >= 0.3 is 6.18 Å². The maximum absolute atomic E-state index is 15.0. The molecule has 3 rings (SSSR count). The third kappa shape index (κ3) is 5.31. The van der Waals surface area contributed by atoms with Crippen molar-refractivity contribution in [3.63, 3.8) is 0 Å². The number of para-hydroxylation sites is 1. The van der Waals surface area contributed by atoms with Crippen molar-refractivity contribution in [2.45, 2.75) is 39.2 Å². The Bertz CT molecular complexity index is 1170. The maximum atomic E-state index is 15.0. The van der Waals surface area contributed by atoms with Gasteiger partial charge in [-0.2, -0.15) is 13.2 Å². The molecular weight excluding hydrogens is 487 g/mol. The van der Waals surface area contributed by atoms with E-state index in [9.17, 15) is 31.9 Å². The van der Waals surface area contributed by atoms with Crippen LogP contribution in [0.5, 0.6) is 5.75 Å². The number of aliphatic hydroxyl groups excluding tert-OH is 1. The molecule has 2 aromatic carbocycles. The van der Waals surface area contributed by atoms with Crippen molar-refractivity contribution in [3.05, 3.63) is 64.0 Å². The van der Waals surface area contributed by atoms with Crippen LogP contribution in [-0.4, -0.2) is 28.3 Å². The summed E-state index contributed by atoms with van der Waals surface area (Å²) in [5.74, 6) is -4.09. The van der Waals surface area contributed by atoms with Gasteiger partial charge in [0.15, 0.2) is 11.9 Å². The first-order chi connectivity index (χ1) is 16.0. The third-order valence-electron chi connectivity index (χ3n) is 4.77. The van der Waals surface area contributed by atoms with Crippen LogP contribution in [0.15, 0.2) is 34.7 Å². The lowest BCUT2D eigenvalue weighted by Crippen LogP contribution is -2.32. The van der Waals surface area contributed by atoms with Crippen molar-refractivity contribution in [2.75, 3.05) is 5.32 Å². The molecule has 6 nitrogen and oxygen atoms in total. The number of carbonyl (C=O) groups excluding carboxylic acids is 1. The summed E-state index contributed by atoms with van der Waals surface area (Å²) in [6.07, 6.45) is -6.85. The molecule has 1 heterocycles. The Morgan fingerprint density at radius 2 is 1.97 bits per heavy atom. The first-order valence-electron chi connectivity index (χ1n) is 9.88. The zero-order valence-corrected chi connectivity index (χ0v) is 18.5. The van der Waals surface area contributed by atoms with E-state index in [1.165, 1.54) is 12.1 Å². The first kappa shape index (κ1) is 25.4. The number of aryl methyl sites for hydroxylation is 1. The van der Waals surface area contributed by atoms with Gasteiger partial charge in [0.05, 0.1) is 27.5 Å². The monoisotopic (exact) mass is 504 g/mol. The van der Waals surface area contributed by atoms with E-state index < -0.39 is 59.0 Å². The molecule has 0 spiro atoms. The number of anilines is 1. The Hall–Kier alpha value is -3.18. The fraction of sp³-hybridized carbons (Fsp3) is 0.273. The van der Waals surface area contributed by atoms with Crippen molar-refractivity contribution in [1.29, 1.82) is 0 Å². The molecule has 2 N–H and O–H groups in total. The van der Waals surface area contributed by atoms with Crippen molar-refractivity contribution >= 4 is 23.2 Å². The maximum Gasteiger partial charge on any atom is 0.425 e. The molecule has 0 aliphatic heterocycles. The lowest BCUT2D eigenvalue weighted by Gasteiger charge is -2.20. The van der Waals surface area contributed by atoms with Crippen LogP contribution in [0.4, 0.5) is 27.6 Å². The van der Waals surface area contributed by atoms with E-state index >= 15 is 0 Å². The summed E-state index contributed by atoms with van der Waals surface area (Å²) in [5.41, 5.74) is -1.18. The van der Waals surface area contributed by atoms with Crippen molar-refractivity contribution in [2.24, 2.45) is 0 Å². The standard InChI is InChI=1S/C22H18ClF5N2O4/c1-3-16-18(9-31)34-21(29-16)11-8-17(33-10(2)22(26,27)28)12(7-15(11)25)20(32)30-19-13(23)5-4-6-14(19)24/h4-8,10,31H,3,9H2,1-2H3,(H,30,32). The minimum absolute atomic E-state index is 0.0547. The molecule has 0 aliphatic carbocycles. The number of halogens is 6. The van der Waals surface area contributed by atoms with Crippen LogP contribution in [0, 0.1) is 11.6 Å². The van der Waals surface area contributed by atoms with Gasteiger partial charge in [0, 0.05) is 0 Å². The number of aliphatic hydroxyl groups is 1. The molecule has 182 valence electrons. The molecule has 12 heteroatoms. The predicted molar refractivity (Wildman–Crippen MR) is 113 cm³/mol. The van der Waals surface area contributed by atoms with Crippen LogP contribution in [0.3, 0.4) is 0 Å². The number of amides is 1. The summed E-state index contributed by atoms with van der Waals surface area (Å²) in [5, 5.41) is 11.3. The zero-order valence-electron chi connectivity index (χ0n) is 17.8. The Morgan fingerprint density at radius 1 is 1.26 bits per heavy atom. The van der Waals surface area contributed by atoms with Crippen molar-refractivity contribution < 1.29 is 41.0 Å². The molecule has 0 bridgehead atoms. The Balaban J connectivity index is 2.10. The molecule has 0 radical (unpaired) electrons. The molecule has 0 fully saturated rings. The highest BCUT2D eigenvalue weighted by molar-refractivity contribution is 6.34.